The SMILES string of the molecule is CCCCCN1C/C=C\CCC(=O)OC[C@H](c2ccccc2)NC(=O)[C@H]2[C@@H]3O[C@@]4(C=C3Br)[C@@H]2C(=O)N([C@@H](CO)C(C)C)[C@@H]4C1=O. The van der Waals surface area contributed by atoms with E-state index < -0.39 is 53.5 Å². The van der Waals surface area contributed by atoms with E-state index >= 15 is 0 Å². The smallest absolute Gasteiger partial charge is 0.306 e. The first-order valence-corrected chi connectivity index (χ1v) is 16.9. The summed E-state index contributed by atoms with van der Waals surface area (Å²) in [5.74, 6) is -3.58. The number of aliphatic hydroxyl groups excluding tert-OH is 1. The summed E-state index contributed by atoms with van der Waals surface area (Å²) in [6.45, 7) is 6.25. The molecule has 45 heavy (non-hydrogen) atoms. The van der Waals surface area contributed by atoms with Gasteiger partial charge in [-0.2, -0.15) is 0 Å². The number of likely N-dealkylation sites (tertiary alicyclic amines) is 1. The number of carbonyl (C=O) groups excluding carboxylic acids is 4. The highest BCUT2D eigenvalue weighted by molar-refractivity contribution is 9.11. The Kier molecular flexibility index (Phi) is 10.5. The monoisotopic (exact) mass is 685 g/mol. The van der Waals surface area contributed by atoms with E-state index in [1.54, 1.807) is 11.0 Å². The van der Waals surface area contributed by atoms with Crippen molar-refractivity contribution < 1.29 is 33.8 Å². The summed E-state index contributed by atoms with van der Waals surface area (Å²) in [5.41, 5.74) is -0.641. The number of hydrogen-bond donors (Lipinski definition) is 2. The van der Waals surface area contributed by atoms with Gasteiger partial charge in [-0.1, -0.05) is 92.0 Å². The van der Waals surface area contributed by atoms with E-state index in [-0.39, 0.29) is 43.9 Å². The van der Waals surface area contributed by atoms with Gasteiger partial charge in [0.15, 0.2) is 0 Å². The lowest BCUT2D eigenvalue weighted by atomic mass is 9.74. The Morgan fingerprint density at radius 3 is 2.53 bits per heavy atom. The molecule has 7 atom stereocenters. The Balaban J connectivity index is 1.60. The maximum Gasteiger partial charge on any atom is 0.306 e. The summed E-state index contributed by atoms with van der Waals surface area (Å²) >= 11 is 3.61. The van der Waals surface area contributed by atoms with Crippen LogP contribution in [0.5, 0.6) is 0 Å². The number of esters is 1. The van der Waals surface area contributed by atoms with Gasteiger partial charge < -0.3 is 29.7 Å². The van der Waals surface area contributed by atoms with E-state index in [0.29, 0.717) is 17.4 Å². The second-order valence-electron chi connectivity index (χ2n) is 12.7. The van der Waals surface area contributed by atoms with Crippen molar-refractivity contribution in [2.24, 2.45) is 17.8 Å². The molecule has 5 rings (SSSR count). The third-order valence-corrected chi connectivity index (χ3v) is 10.2. The molecule has 1 spiro atoms. The van der Waals surface area contributed by atoms with E-state index in [0.717, 1.165) is 24.8 Å². The molecule has 11 heteroatoms. The molecule has 2 N–H and O–H groups in total. The summed E-state index contributed by atoms with van der Waals surface area (Å²) in [5, 5.41) is 13.6. The number of ether oxygens (including phenoxy) is 2. The van der Waals surface area contributed by atoms with E-state index in [4.69, 9.17) is 9.47 Å². The molecule has 5 bridgehead atoms. The Morgan fingerprint density at radius 1 is 1.09 bits per heavy atom. The number of unbranched alkanes of at least 4 members (excludes halogenated alkanes) is 2. The molecule has 4 heterocycles. The molecule has 2 saturated heterocycles. The van der Waals surface area contributed by atoms with Crippen molar-refractivity contribution in [1.29, 1.82) is 0 Å². The first-order valence-electron chi connectivity index (χ1n) is 16.1. The Labute approximate surface area is 273 Å². The van der Waals surface area contributed by atoms with Gasteiger partial charge in [0, 0.05) is 24.0 Å². The number of amides is 3. The molecule has 4 aliphatic heterocycles. The lowest BCUT2D eigenvalue weighted by molar-refractivity contribution is -0.151. The minimum Gasteiger partial charge on any atom is -0.463 e. The quantitative estimate of drug-likeness (QED) is 0.243. The molecule has 244 valence electrons. The van der Waals surface area contributed by atoms with E-state index in [9.17, 15) is 24.3 Å². The van der Waals surface area contributed by atoms with Crippen LogP contribution < -0.4 is 5.32 Å². The van der Waals surface area contributed by atoms with Crippen LogP contribution in [0.15, 0.2) is 53.0 Å². The number of cyclic esters (lactones) is 1. The lowest BCUT2D eigenvalue weighted by Gasteiger charge is -2.40. The van der Waals surface area contributed by atoms with Crippen molar-refractivity contribution in [2.45, 2.75) is 82.7 Å². The molecule has 4 aliphatic rings. The standard InChI is InChI=1S/C34H44BrN3O7/c1-4-5-11-16-37-17-12-7-10-15-26(40)44-20-24(22-13-8-6-9-14-22)36-31(41)27-28-32(42)38(25(19-39)21(2)3)30(33(37)43)34(28)18-23(35)29(27)45-34/h6-9,12-14,18,21,24-25,27-30,39H,4-5,10-11,15-17,19-20H2,1-3H3,(H,36,41)/b12-7-/t24-,25+,27-,28+,29-,30-,34+/m1/s1. The van der Waals surface area contributed by atoms with Gasteiger partial charge in [-0.25, -0.2) is 0 Å². The number of carbonyl (C=O) groups is 4. The van der Waals surface area contributed by atoms with Gasteiger partial charge in [-0.15, -0.1) is 0 Å². The molecule has 0 saturated carbocycles. The fourth-order valence-electron chi connectivity index (χ4n) is 7.17. The summed E-state index contributed by atoms with van der Waals surface area (Å²) < 4.78 is 12.8. The fourth-order valence-corrected chi connectivity index (χ4v) is 7.91. The summed E-state index contributed by atoms with van der Waals surface area (Å²) in [4.78, 5) is 59.4. The molecular formula is C34H44BrN3O7. The number of halogens is 1. The topological polar surface area (TPSA) is 125 Å². The zero-order chi connectivity index (χ0) is 32.3. The van der Waals surface area contributed by atoms with Gasteiger partial charge in [0.2, 0.25) is 17.7 Å². The number of fused-ring (bicyclic) bond motifs is 2. The number of nitrogens with one attached hydrogen (secondary N) is 1. The van der Waals surface area contributed by atoms with Crippen molar-refractivity contribution in [2.75, 3.05) is 26.3 Å². The highest BCUT2D eigenvalue weighted by atomic mass is 79.9. The highest BCUT2D eigenvalue weighted by Crippen LogP contribution is 2.59. The molecule has 0 aliphatic carbocycles. The Hall–Kier alpha value is -3.02. The van der Waals surface area contributed by atoms with Crippen LogP contribution in [0.25, 0.3) is 0 Å². The van der Waals surface area contributed by atoms with Gasteiger partial charge in [0.05, 0.1) is 30.5 Å². The van der Waals surface area contributed by atoms with Crippen molar-refractivity contribution in [3.8, 4) is 0 Å². The van der Waals surface area contributed by atoms with Crippen molar-refractivity contribution in [3.05, 3.63) is 58.6 Å². The summed E-state index contributed by atoms with van der Waals surface area (Å²) in [6.07, 6.45) is 8.04. The highest BCUT2D eigenvalue weighted by Gasteiger charge is 2.75. The zero-order valence-corrected chi connectivity index (χ0v) is 27.8. The lowest BCUT2D eigenvalue weighted by Crippen LogP contribution is -2.59. The van der Waals surface area contributed by atoms with Gasteiger partial charge in [0.25, 0.3) is 0 Å². The maximum atomic E-state index is 14.7. The normalized spacial score (nSPS) is 32.0. The minimum atomic E-state index is -1.39. The van der Waals surface area contributed by atoms with Crippen LogP contribution in [0.1, 0.15) is 64.5 Å². The Bertz CT molecular complexity index is 1330. The zero-order valence-electron chi connectivity index (χ0n) is 26.2. The number of allylic oxidation sites excluding steroid dienone is 1. The van der Waals surface area contributed by atoms with Crippen LogP contribution >= 0.6 is 15.9 Å². The predicted molar refractivity (Wildman–Crippen MR) is 171 cm³/mol. The second-order valence-corrected chi connectivity index (χ2v) is 13.6. The predicted octanol–water partition coefficient (Wildman–Crippen LogP) is 3.65. The molecule has 1 aromatic rings. The molecule has 0 unspecified atom stereocenters. The van der Waals surface area contributed by atoms with E-state index in [1.807, 2.05) is 56.3 Å². The second kappa shape index (κ2) is 14.2. The van der Waals surface area contributed by atoms with E-state index in [2.05, 4.69) is 28.2 Å². The van der Waals surface area contributed by atoms with Crippen LogP contribution in [0.3, 0.4) is 0 Å². The molecule has 3 amide bonds. The molecule has 10 nitrogen and oxygen atoms in total. The molecule has 0 radical (unpaired) electrons. The molecule has 0 aromatic heterocycles. The maximum absolute atomic E-state index is 14.7. The van der Waals surface area contributed by atoms with Gasteiger partial charge >= 0.3 is 5.97 Å². The average molecular weight is 687 g/mol. The van der Waals surface area contributed by atoms with Crippen molar-refractivity contribution in [1.82, 2.24) is 15.1 Å². The van der Waals surface area contributed by atoms with E-state index in [1.165, 1.54) is 4.90 Å². The third-order valence-electron chi connectivity index (χ3n) is 9.49. The van der Waals surface area contributed by atoms with Crippen molar-refractivity contribution >= 4 is 39.6 Å². The number of nitrogens with zero attached hydrogens (tertiary/aromatic N) is 2. The average Bonchev–Trinajstić information content (AvgIpc) is 3.61. The van der Waals surface area contributed by atoms with Crippen LogP contribution in [-0.4, -0.2) is 88.7 Å². The summed E-state index contributed by atoms with van der Waals surface area (Å²) in [7, 11) is 0. The van der Waals surface area contributed by atoms with Crippen LogP contribution in [0, 0.1) is 17.8 Å². The minimum absolute atomic E-state index is 0.0737. The number of benzene rings is 1. The third kappa shape index (κ3) is 6.36. The van der Waals surface area contributed by atoms with Crippen LogP contribution in [-0.2, 0) is 28.7 Å². The first-order chi connectivity index (χ1) is 21.6. The molecule has 1 aromatic carbocycles. The first kappa shape index (κ1) is 33.3. The molecular weight excluding hydrogens is 642 g/mol. The van der Waals surface area contributed by atoms with Crippen LogP contribution in [0.4, 0.5) is 0 Å². The number of aliphatic hydroxyl groups is 1. The fraction of sp³-hybridized carbons (Fsp3) is 0.588. The Morgan fingerprint density at radius 2 is 1.84 bits per heavy atom. The largest absolute Gasteiger partial charge is 0.463 e. The van der Waals surface area contributed by atoms with Crippen LogP contribution in [0.2, 0.25) is 0 Å². The van der Waals surface area contributed by atoms with Gasteiger partial charge in [0.1, 0.15) is 24.4 Å². The van der Waals surface area contributed by atoms with Gasteiger partial charge in [-0.3, -0.25) is 19.2 Å². The van der Waals surface area contributed by atoms with Gasteiger partial charge in [-0.05, 0) is 30.4 Å². The summed E-state index contributed by atoms with van der Waals surface area (Å²) in [6, 6.07) is 6.85. The van der Waals surface area contributed by atoms with Crippen molar-refractivity contribution in [3.63, 3.8) is 0 Å². The molecule has 2 fully saturated rings. The number of rotatable bonds is 8. The number of hydrogen-bond acceptors (Lipinski definition) is 7.